The Balaban J connectivity index is 1.47. The fraction of sp³-hybridized carbons (Fsp3) is 0.148. The molecule has 33 heavy (non-hydrogen) atoms. The molecule has 1 atom stereocenters. The van der Waals surface area contributed by atoms with Crippen LogP contribution in [-0.2, 0) is 11.8 Å². The van der Waals surface area contributed by atoms with Gasteiger partial charge in [0.15, 0.2) is 0 Å². The molecular weight excluding hydrogens is 412 g/mol. The number of aryl methyl sites for hydroxylation is 1. The minimum atomic E-state index is -0.478. The van der Waals surface area contributed by atoms with Crippen LogP contribution in [-0.4, -0.2) is 22.6 Å². The van der Waals surface area contributed by atoms with Crippen molar-refractivity contribution in [2.24, 2.45) is 12.1 Å². The topological polar surface area (TPSA) is 75.5 Å². The summed E-state index contributed by atoms with van der Waals surface area (Å²) in [5.41, 5.74) is 7.14. The molecule has 0 aliphatic rings. The third kappa shape index (κ3) is 5.01. The molecule has 2 amide bonds. The summed E-state index contributed by atoms with van der Waals surface area (Å²) in [4.78, 5) is 25.4. The maximum absolute atomic E-state index is 12.7. The van der Waals surface area contributed by atoms with Crippen molar-refractivity contribution in [3.8, 4) is 0 Å². The lowest BCUT2D eigenvalue weighted by Gasteiger charge is -2.18. The summed E-state index contributed by atoms with van der Waals surface area (Å²) in [6.07, 6.45) is 1.74. The quantitative estimate of drug-likeness (QED) is 0.329. The summed E-state index contributed by atoms with van der Waals surface area (Å²) in [6, 6.07) is 26.0. The third-order valence-corrected chi connectivity index (χ3v) is 5.76. The van der Waals surface area contributed by atoms with Gasteiger partial charge in [-0.3, -0.25) is 9.59 Å². The summed E-state index contributed by atoms with van der Waals surface area (Å²) in [7, 11) is 2.01. The summed E-state index contributed by atoms with van der Waals surface area (Å²) < 4.78 is 2.10. The van der Waals surface area contributed by atoms with Crippen molar-refractivity contribution >= 4 is 28.9 Å². The SMILES string of the molecule is Cc1c(/C=N\NC(=O)C[C@@H](NC(=O)c2ccccc2)c2ccccc2)c2ccccc2n1C. The Hall–Kier alpha value is -4.19. The van der Waals surface area contributed by atoms with Gasteiger partial charge < -0.3 is 9.88 Å². The van der Waals surface area contributed by atoms with Crippen molar-refractivity contribution in [2.75, 3.05) is 0 Å². The number of rotatable bonds is 7. The van der Waals surface area contributed by atoms with E-state index in [1.54, 1.807) is 18.3 Å². The fourth-order valence-corrected chi connectivity index (χ4v) is 3.88. The zero-order chi connectivity index (χ0) is 23.2. The van der Waals surface area contributed by atoms with Gasteiger partial charge in [-0.15, -0.1) is 0 Å². The molecule has 0 saturated carbocycles. The number of carbonyl (C=O) groups excluding carboxylic acids is 2. The van der Waals surface area contributed by atoms with E-state index in [1.165, 1.54) is 0 Å². The first-order valence-corrected chi connectivity index (χ1v) is 10.8. The van der Waals surface area contributed by atoms with E-state index in [1.807, 2.05) is 80.7 Å². The van der Waals surface area contributed by atoms with E-state index in [0.717, 1.165) is 27.7 Å². The standard InChI is InChI=1S/C27H26N4O2/c1-19-23(22-15-9-10-16-25(22)31(19)2)18-28-30-26(32)17-24(20-11-5-3-6-12-20)29-27(33)21-13-7-4-8-14-21/h3-16,18,24H,17H2,1-2H3,(H,29,33)(H,30,32)/b28-18-/t24-/m1/s1. The average Bonchev–Trinajstić information content (AvgIpc) is 3.09. The normalized spacial score (nSPS) is 12.1. The van der Waals surface area contributed by atoms with Gasteiger partial charge in [-0.05, 0) is 30.7 Å². The Morgan fingerprint density at radius 1 is 0.939 bits per heavy atom. The van der Waals surface area contributed by atoms with Gasteiger partial charge in [-0.1, -0.05) is 66.7 Å². The molecule has 3 aromatic carbocycles. The first-order chi connectivity index (χ1) is 16.0. The minimum absolute atomic E-state index is 0.0639. The Morgan fingerprint density at radius 2 is 1.58 bits per heavy atom. The monoisotopic (exact) mass is 438 g/mol. The Morgan fingerprint density at radius 3 is 2.30 bits per heavy atom. The van der Waals surface area contributed by atoms with E-state index in [0.29, 0.717) is 5.56 Å². The number of hydrogen-bond donors (Lipinski definition) is 2. The largest absolute Gasteiger partial charge is 0.347 e. The van der Waals surface area contributed by atoms with E-state index in [2.05, 4.69) is 26.5 Å². The highest BCUT2D eigenvalue weighted by molar-refractivity contribution is 6.01. The number of fused-ring (bicyclic) bond motifs is 1. The predicted molar refractivity (Wildman–Crippen MR) is 131 cm³/mol. The van der Waals surface area contributed by atoms with Crippen LogP contribution in [0.25, 0.3) is 10.9 Å². The molecule has 0 fully saturated rings. The van der Waals surface area contributed by atoms with E-state index in [-0.39, 0.29) is 18.2 Å². The predicted octanol–water partition coefficient (Wildman–Crippen LogP) is 4.50. The molecule has 6 heteroatoms. The maximum Gasteiger partial charge on any atom is 0.251 e. The number of hydrazone groups is 1. The highest BCUT2D eigenvalue weighted by Crippen LogP contribution is 2.23. The third-order valence-electron chi connectivity index (χ3n) is 5.76. The molecule has 6 nitrogen and oxygen atoms in total. The molecule has 0 bridgehead atoms. The Kier molecular flexibility index (Phi) is 6.64. The first-order valence-electron chi connectivity index (χ1n) is 10.8. The Bertz CT molecular complexity index is 1290. The zero-order valence-corrected chi connectivity index (χ0v) is 18.7. The van der Waals surface area contributed by atoms with Crippen molar-refractivity contribution in [1.82, 2.24) is 15.3 Å². The number of nitrogens with zero attached hydrogens (tertiary/aromatic N) is 2. The molecule has 4 rings (SSSR count). The summed E-state index contributed by atoms with van der Waals surface area (Å²) >= 11 is 0. The highest BCUT2D eigenvalue weighted by Gasteiger charge is 2.19. The number of amides is 2. The molecule has 0 aliphatic carbocycles. The number of para-hydroxylation sites is 1. The van der Waals surface area contributed by atoms with Gasteiger partial charge in [0.2, 0.25) is 5.91 Å². The number of carbonyl (C=O) groups is 2. The van der Waals surface area contributed by atoms with E-state index in [4.69, 9.17) is 0 Å². The van der Waals surface area contributed by atoms with Crippen LogP contribution in [0, 0.1) is 6.92 Å². The first kappa shape index (κ1) is 22.0. The molecule has 2 N–H and O–H groups in total. The van der Waals surface area contributed by atoms with Gasteiger partial charge in [0.25, 0.3) is 5.91 Å². The molecule has 0 unspecified atom stereocenters. The fourth-order valence-electron chi connectivity index (χ4n) is 3.88. The lowest BCUT2D eigenvalue weighted by molar-refractivity contribution is -0.121. The summed E-state index contributed by atoms with van der Waals surface area (Å²) in [6.45, 7) is 2.02. The molecule has 166 valence electrons. The van der Waals surface area contributed by atoms with Crippen LogP contribution in [0.1, 0.15) is 39.6 Å². The van der Waals surface area contributed by atoms with Gasteiger partial charge in [-0.25, -0.2) is 5.43 Å². The Labute approximate surface area is 192 Å². The van der Waals surface area contributed by atoms with Crippen LogP contribution in [0.15, 0.2) is 90.0 Å². The highest BCUT2D eigenvalue weighted by atomic mass is 16.2. The van der Waals surface area contributed by atoms with Crippen LogP contribution >= 0.6 is 0 Å². The number of benzene rings is 3. The smallest absolute Gasteiger partial charge is 0.251 e. The van der Waals surface area contributed by atoms with E-state index >= 15 is 0 Å². The molecule has 0 spiro atoms. The molecule has 4 aromatic rings. The minimum Gasteiger partial charge on any atom is -0.347 e. The summed E-state index contributed by atoms with van der Waals surface area (Å²) in [5, 5.41) is 8.25. The zero-order valence-electron chi connectivity index (χ0n) is 18.7. The molecular formula is C27H26N4O2. The van der Waals surface area contributed by atoms with Crippen LogP contribution < -0.4 is 10.7 Å². The second-order valence-corrected chi connectivity index (χ2v) is 7.88. The van der Waals surface area contributed by atoms with Crippen molar-refractivity contribution in [1.29, 1.82) is 0 Å². The van der Waals surface area contributed by atoms with Crippen LogP contribution in [0.5, 0.6) is 0 Å². The molecule has 0 saturated heterocycles. The van der Waals surface area contributed by atoms with Crippen LogP contribution in [0.4, 0.5) is 0 Å². The maximum atomic E-state index is 12.7. The molecule has 0 aliphatic heterocycles. The van der Waals surface area contributed by atoms with Crippen LogP contribution in [0.3, 0.4) is 0 Å². The lowest BCUT2D eigenvalue weighted by atomic mass is 10.0. The lowest BCUT2D eigenvalue weighted by Crippen LogP contribution is -2.32. The molecule has 0 radical (unpaired) electrons. The molecule has 1 aromatic heterocycles. The van der Waals surface area contributed by atoms with Crippen molar-refractivity contribution in [3.63, 3.8) is 0 Å². The van der Waals surface area contributed by atoms with Gasteiger partial charge in [0, 0.05) is 34.8 Å². The molecule has 1 heterocycles. The number of hydrogen-bond acceptors (Lipinski definition) is 3. The van der Waals surface area contributed by atoms with Gasteiger partial charge in [-0.2, -0.15) is 5.10 Å². The van der Waals surface area contributed by atoms with Gasteiger partial charge in [0.05, 0.1) is 18.7 Å². The van der Waals surface area contributed by atoms with Crippen LogP contribution in [0.2, 0.25) is 0 Å². The van der Waals surface area contributed by atoms with Crippen molar-refractivity contribution in [2.45, 2.75) is 19.4 Å². The second-order valence-electron chi connectivity index (χ2n) is 7.88. The number of aromatic nitrogens is 1. The van der Waals surface area contributed by atoms with Gasteiger partial charge >= 0.3 is 0 Å². The number of nitrogens with one attached hydrogen (secondary N) is 2. The van der Waals surface area contributed by atoms with E-state index < -0.39 is 6.04 Å². The van der Waals surface area contributed by atoms with Crippen molar-refractivity contribution < 1.29 is 9.59 Å². The summed E-state index contributed by atoms with van der Waals surface area (Å²) in [5.74, 6) is -0.515. The van der Waals surface area contributed by atoms with Crippen molar-refractivity contribution in [3.05, 3.63) is 107 Å². The average molecular weight is 439 g/mol. The second kappa shape index (κ2) is 9.96. The van der Waals surface area contributed by atoms with E-state index in [9.17, 15) is 9.59 Å². The van der Waals surface area contributed by atoms with Gasteiger partial charge in [0.1, 0.15) is 0 Å².